The zero-order valence-electron chi connectivity index (χ0n) is 41.4. The molecule has 0 radical (unpaired) electrons. The summed E-state index contributed by atoms with van der Waals surface area (Å²) < 4.78 is 0. The van der Waals surface area contributed by atoms with Gasteiger partial charge in [-0.15, -0.1) is 0 Å². The minimum atomic E-state index is -0.681. The van der Waals surface area contributed by atoms with Crippen LogP contribution >= 0.6 is 0 Å². The van der Waals surface area contributed by atoms with E-state index < -0.39 is 5.41 Å². The molecule has 0 fully saturated rings. The summed E-state index contributed by atoms with van der Waals surface area (Å²) in [5.41, 5.74) is 22.6. The Kier molecular flexibility index (Phi) is 11.8. The zero-order valence-corrected chi connectivity index (χ0v) is 41.4. The topological polar surface area (TPSA) is 6.48 Å². The Balaban J connectivity index is 1.04. The largest absolute Gasteiger partial charge is 0.310 e. The lowest BCUT2D eigenvalue weighted by molar-refractivity contribution is 0.768. The molecule has 0 heterocycles. The van der Waals surface area contributed by atoms with Gasteiger partial charge in [-0.1, -0.05) is 249 Å². The van der Waals surface area contributed by atoms with Crippen molar-refractivity contribution in [2.24, 2.45) is 0 Å². The van der Waals surface area contributed by atoms with E-state index in [9.17, 15) is 0 Å². The fourth-order valence-electron chi connectivity index (χ4n) is 11.4. The minimum absolute atomic E-state index is 0.681. The normalized spacial score (nSPS) is 12.1. The van der Waals surface area contributed by atoms with E-state index in [1.807, 2.05) is 0 Å². The van der Waals surface area contributed by atoms with Gasteiger partial charge in [-0.3, -0.25) is 0 Å². The second-order valence-corrected chi connectivity index (χ2v) is 19.2. The summed E-state index contributed by atoms with van der Waals surface area (Å²) in [6.45, 7) is 0. The van der Waals surface area contributed by atoms with Crippen molar-refractivity contribution in [1.82, 2.24) is 0 Å². The monoisotopic (exact) mass is 956 g/mol. The first-order valence-corrected chi connectivity index (χ1v) is 25.8. The molecule has 0 N–H and O–H groups in total. The maximum atomic E-state index is 2.48. The van der Waals surface area contributed by atoms with Crippen LogP contribution in [-0.2, 0) is 5.41 Å². The Bertz CT molecular complexity index is 3660. The smallest absolute Gasteiger partial charge is 0.0715 e. The molecule has 0 amide bonds. The molecule has 2 heteroatoms. The van der Waals surface area contributed by atoms with Crippen LogP contribution in [0.3, 0.4) is 0 Å². The molecule has 354 valence electrons. The van der Waals surface area contributed by atoms with Gasteiger partial charge in [0, 0.05) is 34.0 Å². The summed E-state index contributed by atoms with van der Waals surface area (Å²) in [5, 5.41) is 0. The molecule has 0 spiro atoms. The van der Waals surface area contributed by atoms with E-state index in [-0.39, 0.29) is 0 Å². The van der Waals surface area contributed by atoms with E-state index in [4.69, 9.17) is 0 Å². The van der Waals surface area contributed by atoms with E-state index >= 15 is 0 Å². The first-order valence-electron chi connectivity index (χ1n) is 25.8. The summed E-state index contributed by atoms with van der Waals surface area (Å²) in [4.78, 5) is 4.88. The summed E-state index contributed by atoms with van der Waals surface area (Å²) in [7, 11) is 0. The van der Waals surface area contributed by atoms with Crippen LogP contribution in [0.1, 0.15) is 22.3 Å². The summed E-state index contributed by atoms with van der Waals surface area (Å²) in [6.07, 6.45) is 0. The van der Waals surface area contributed by atoms with E-state index in [1.165, 1.54) is 77.9 Å². The fraction of sp³-hybridized carbons (Fsp3) is 0.0137. The van der Waals surface area contributed by atoms with E-state index in [2.05, 4.69) is 325 Å². The molecule has 1 aliphatic carbocycles. The first kappa shape index (κ1) is 45.1. The van der Waals surface area contributed by atoms with Crippen LogP contribution in [0.15, 0.2) is 315 Å². The number of hydrogen-bond donors (Lipinski definition) is 0. The lowest BCUT2D eigenvalue weighted by Gasteiger charge is -2.35. The van der Waals surface area contributed by atoms with Crippen molar-refractivity contribution in [1.29, 1.82) is 0 Å². The van der Waals surface area contributed by atoms with E-state index in [0.717, 1.165) is 34.1 Å². The maximum Gasteiger partial charge on any atom is 0.0715 e. The Morgan fingerprint density at radius 1 is 0.213 bits per heavy atom. The van der Waals surface area contributed by atoms with Gasteiger partial charge < -0.3 is 9.80 Å². The highest BCUT2D eigenvalue weighted by molar-refractivity contribution is 5.99. The summed E-state index contributed by atoms with van der Waals surface area (Å²) >= 11 is 0. The van der Waals surface area contributed by atoms with Gasteiger partial charge in [0.25, 0.3) is 0 Å². The highest BCUT2D eigenvalue weighted by Crippen LogP contribution is 2.60. The molecule has 0 unspecified atom stereocenters. The van der Waals surface area contributed by atoms with Gasteiger partial charge >= 0.3 is 0 Å². The Morgan fingerprint density at radius 2 is 0.520 bits per heavy atom. The maximum absolute atomic E-state index is 2.48. The number of nitrogens with zero attached hydrogens (tertiary/aromatic N) is 2. The van der Waals surface area contributed by atoms with Gasteiger partial charge in [-0.25, -0.2) is 0 Å². The SMILES string of the molecule is c1ccc(-c2ccc(N(c3ccc(-c4ccccc4)cc3)c3ccc4c(c3)C(c3ccccc3)(c3ccccc3)c3cccc(N(c5ccc(-c6ccccc6)cc5)c5ccc(-c6ccccc6)cc5)c3-4)cc2)cc1. The van der Waals surface area contributed by atoms with Crippen LogP contribution in [0.2, 0.25) is 0 Å². The summed E-state index contributed by atoms with van der Waals surface area (Å²) in [5.74, 6) is 0. The number of fused-ring (bicyclic) bond motifs is 3. The van der Waals surface area contributed by atoms with Crippen LogP contribution in [0.5, 0.6) is 0 Å². The molecule has 0 saturated heterocycles. The van der Waals surface area contributed by atoms with Crippen molar-refractivity contribution in [2.45, 2.75) is 5.41 Å². The molecule has 0 aliphatic heterocycles. The standard InChI is InChI=1S/C73H52N2/c1-7-20-53(21-8-1)57-34-42-63(43-35-57)74(64-44-36-58(37-45-64)54-22-9-2-10-23-54)67-50-51-68-70(52-67)73(61-28-15-5-16-29-61,62-30-17-6-18-31-62)69-32-19-33-71(72(68)69)75(65-46-38-59(39-47-65)55-24-11-3-12-25-55)66-48-40-60(41-49-66)56-26-13-4-14-27-56/h1-52H. The molecule has 75 heavy (non-hydrogen) atoms. The Morgan fingerprint density at radius 3 is 0.880 bits per heavy atom. The van der Waals surface area contributed by atoms with Gasteiger partial charge in [-0.05, 0) is 139 Å². The lowest BCUT2D eigenvalue weighted by Crippen LogP contribution is -2.29. The highest BCUT2D eigenvalue weighted by atomic mass is 15.2. The average Bonchev–Trinajstić information content (AvgIpc) is 3.86. The molecule has 2 nitrogen and oxygen atoms in total. The van der Waals surface area contributed by atoms with Crippen molar-refractivity contribution >= 4 is 34.1 Å². The molecule has 13 rings (SSSR count). The molecule has 0 bridgehead atoms. The third-order valence-corrected chi connectivity index (χ3v) is 15.0. The number of hydrogen-bond acceptors (Lipinski definition) is 2. The zero-order chi connectivity index (χ0) is 50.0. The van der Waals surface area contributed by atoms with Crippen LogP contribution in [-0.4, -0.2) is 0 Å². The molecule has 0 saturated carbocycles. The van der Waals surface area contributed by atoms with Crippen LogP contribution in [0.25, 0.3) is 55.6 Å². The van der Waals surface area contributed by atoms with E-state index in [1.54, 1.807) is 0 Å². The van der Waals surface area contributed by atoms with Crippen molar-refractivity contribution in [3.05, 3.63) is 338 Å². The number of benzene rings is 12. The molecule has 0 aromatic heterocycles. The van der Waals surface area contributed by atoms with Crippen molar-refractivity contribution in [3.63, 3.8) is 0 Å². The second kappa shape index (κ2) is 19.7. The third kappa shape index (κ3) is 8.29. The van der Waals surface area contributed by atoms with Crippen molar-refractivity contribution < 1.29 is 0 Å². The molecular weight excluding hydrogens is 905 g/mol. The molecule has 1 aliphatic rings. The quantitative estimate of drug-likeness (QED) is 0.120. The van der Waals surface area contributed by atoms with Crippen molar-refractivity contribution in [3.8, 4) is 55.6 Å². The fourth-order valence-corrected chi connectivity index (χ4v) is 11.4. The molecular formula is C73H52N2. The molecule has 12 aromatic rings. The predicted octanol–water partition coefficient (Wildman–Crippen LogP) is 19.7. The highest BCUT2D eigenvalue weighted by Gasteiger charge is 2.48. The molecule has 0 atom stereocenters. The van der Waals surface area contributed by atoms with Gasteiger partial charge in [0.05, 0.1) is 11.1 Å². The first-order chi connectivity index (χ1) is 37.2. The number of anilines is 6. The van der Waals surface area contributed by atoms with Crippen molar-refractivity contribution in [2.75, 3.05) is 9.80 Å². The Hall–Kier alpha value is -9.76. The second-order valence-electron chi connectivity index (χ2n) is 19.2. The van der Waals surface area contributed by atoms with Crippen LogP contribution in [0.4, 0.5) is 34.1 Å². The van der Waals surface area contributed by atoms with Gasteiger partial charge in [-0.2, -0.15) is 0 Å². The van der Waals surface area contributed by atoms with Gasteiger partial charge in [0.2, 0.25) is 0 Å². The number of rotatable bonds is 12. The predicted molar refractivity (Wildman–Crippen MR) is 315 cm³/mol. The molecule has 12 aromatic carbocycles. The Labute approximate surface area is 440 Å². The van der Waals surface area contributed by atoms with Gasteiger partial charge in [0.15, 0.2) is 0 Å². The van der Waals surface area contributed by atoms with Crippen LogP contribution in [0, 0.1) is 0 Å². The summed E-state index contributed by atoms with van der Waals surface area (Å²) in [6, 6.07) is 115. The lowest BCUT2D eigenvalue weighted by atomic mass is 9.67. The minimum Gasteiger partial charge on any atom is -0.310 e. The van der Waals surface area contributed by atoms with Crippen LogP contribution < -0.4 is 9.80 Å². The van der Waals surface area contributed by atoms with E-state index in [0.29, 0.717) is 0 Å². The van der Waals surface area contributed by atoms with Gasteiger partial charge in [0.1, 0.15) is 0 Å². The average molecular weight is 957 g/mol. The third-order valence-electron chi connectivity index (χ3n) is 15.0.